The molecule has 0 saturated carbocycles. The number of hydrogen-bond donors (Lipinski definition) is 0. The normalized spacial score (nSPS) is 10.9. The Morgan fingerprint density at radius 3 is 2.04 bits per heavy atom. The Bertz CT molecular complexity index is 732. The van der Waals surface area contributed by atoms with Gasteiger partial charge in [0.1, 0.15) is 5.75 Å². The monoisotopic (exact) mass is 328 g/mol. The highest BCUT2D eigenvalue weighted by Crippen LogP contribution is 2.31. The molecule has 2 aromatic carbocycles. The van der Waals surface area contributed by atoms with Gasteiger partial charge in [0.15, 0.2) is 11.5 Å². The Labute approximate surface area is 141 Å². The predicted octanol–water partition coefficient (Wildman–Crippen LogP) is 3.43. The number of ether oxygens (including phenoxy) is 4. The molecule has 0 amide bonds. The van der Waals surface area contributed by atoms with Gasteiger partial charge in [-0.1, -0.05) is 18.2 Å². The number of esters is 1. The minimum atomic E-state index is -0.432. The van der Waals surface area contributed by atoms with E-state index in [4.69, 9.17) is 18.9 Å². The van der Waals surface area contributed by atoms with Crippen LogP contribution in [0.3, 0.4) is 0 Å². The van der Waals surface area contributed by atoms with E-state index in [-0.39, 0.29) is 0 Å². The fraction of sp³-hybridized carbons (Fsp3) is 0.211. The van der Waals surface area contributed by atoms with Gasteiger partial charge in [-0.3, -0.25) is 0 Å². The van der Waals surface area contributed by atoms with Gasteiger partial charge in [-0.05, 0) is 41.5 Å². The Morgan fingerprint density at radius 1 is 0.833 bits per heavy atom. The predicted molar refractivity (Wildman–Crippen MR) is 92.4 cm³/mol. The topological polar surface area (TPSA) is 54.0 Å². The molecular formula is C19H20O5. The summed E-state index contributed by atoms with van der Waals surface area (Å²) < 4.78 is 20.6. The molecule has 5 heteroatoms. The molecule has 0 unspecified atom stereocenters. The number of carbonyl (C=O) groups excluding carboxylic acids is 1. The SMILES string of the molecule is COC(=O)/C(=C/c1ccc(OC)cc1)c1ccc(OC)c(OC)c1. The molecule has 0 heterocycles. The first-order valence-electron chi connectivity index (χ1n) is 7.29. The summed E-state index contributed by atoms with van der Waals surface area (Å²) in [5, 5.41) is 0. The summed E-state index contributed by atoms with van der Waals surface area (Å²) in [6, 6.07) is 12.7. The van der Waals surface area contributed by atoms with Crippen LogP contribution < -0.4 is 14.2 Å². The summed E-state index contributed by atoms with van der Waals surface area (Å²) in [5.41, 5.74) is 1.95. The van der Waals surface area contributed by atoms with Crippen LogP contribution in [0.4, 0.5) is 0 Å². The van der Waals surface area contributed by atoms with Crippen LogP contribution >= 0.6 is 0 Å². The number of methoxy groups -OCH3 is 4. The van der Waals surface area contributed by atoms with Crippen LogP contribution in [0.25, 0.3) is 11.6 Å². The third kappa shape index (κ3) is 3.87. The molecule has 0 atom stereocenters. The minimum absolute atomic E-state index is 0.420. The number of hydrogen-bond acceptors (Lipinski definition) is 5. The maximum absolute atomic E-state index is 12.2. The highest BCUT2D eigenvalue weighted by atomic mass is 16.5. The molecule has 0 radical (unpaired) electrons. The van der Waals surface area contributed by atoms with Gasteiger partial charge in [0, 0.05) is 0 Å². The molecule has 0 saturated heterocycles. The van der Waals surface area contributed by atoms with Crippen LogP contribution in [0.5, 0.6) is 17.2 Å². The third-order valence-corrected chi connectivity index (χ3v) is 3.53. The van der Waals surface area contributed by atoms with Gasteiger partial charge in [-0.15, -0.1) is 0 Å². The maximum Gasteiger partial charge on any atom is 0.338 e. The smallest absolute Gasteiger partial charge is 0.338 e. The first kappa shape index (κ1) is 17.4. The van der Waals surface area contributed by atoms with Crippen molar-refractivity contribution in [2.75, 3.05) is 28.4 Å². The molecule has 0 bridgehead atoms. The van der Waals surface area contributed by atoms with Crippen LogP contribution in [0.2, 0.25) is 0 Å². The number of rotatable bonds is 6. The van der Waals surface area contributed by atoms with Gasteiger partial charge in [0.25, 0.3) is 0 Å². The summed E-state index contributed by atoms with van der Waals surface area (Å²) in [6.07, 6.45) is 1.76. The zero-order chi connectivity index (χ0) is 17.5. The average molecular weight is 328 g/mol. The Hall–Kier alpha value is -2.95. The van der Waals surface area contributed by atoms with Crippen LogP contribution in [-0.2, 0) is 9.53 Å². The lowest BCUT2D eigenvalue weighted by molar-refractivity contribution is -0.133. The van der Waals surface area contributed by atoms with Crippen LogP contribution in [0.1, 0.15) is 11.1 Å². The molecule has 0 aromatic heterocycles. The van der Waals surface area contributed by atoms with E-state index in [0.717, 1.165) is 11.3 Å². The highest BCUT2D eigenvalue weighted by Gasteiger charge is 2.15. The first-order valence-corrected chi connectivity index (χ1v) is 7.29. The molecule has 5 nitrogen and oxygen atoms in total. The second-order valence-electron chi connectivity index (χ2n) is 4.89. The molecule has 24 heavy (non-hydrogen) atoms. The summed E-state index contributed by atoms with van der Waals surface area (Å²) in [4.78, 5) is 12.2. The lowest BCUT2D eigenvalue weighted by atomic mass is 10.0. The van der Waals surface area contributed by atoms with Crippen molar-refractivity contribution in [1.82, 2.24) is 0 Å². The molecule has 0 N–H and O–H groups in total. The lowest BCUT2D eigenvalue weighted by Crippen LogP contribution is -2.04. The van der Waals surface area contributed by atoms with Crippen molar-refractivity contribution >= 4 is 17.6 Å². The zero-order valence-electron chi connectivity index (χ0n) is 14.2. The molecule has 0 aliphatic carbocycles. The maximum atomic E-state index is 12.2. The first-order chi connectivity index (χ1) is 11.6. The second-order valence-corrected chi connectivity index (χ2v) is 4.89. The Balaban J connectivity index is 2.48. The molecule has 0 spiro atoms. The average Bonchev–Trinajstić information content (AvgIpc) is 2.65. The van der Waals surface area contributed by atoms with E-state index in [1.807, 2.05) is 24.3 Å². The van der Waals surface area contributed by atoms with Crippen LogP contribution in [0, 0.1) is 0 Å². The number of carbonyl (C=O) groups is 1. The van der Waals surface area contributed by atoms with Crippen molar-refractivity contribution in [3.05, 3.63) is 53.6 Å². The number of benzene rings is 2. The van der Waals surface area contributed by atoms with E-state index in [2.05, 4.69) is 0 Å². The van der Waals surface area contributed by atoms with Crippen molar-refractivity contribution in [3.8, 4) is 17.2 Å². The third-order valence-electron chi connectivity index (χ3n) is 3.53. The van der Waals surface area contributed by atoms with Crippen molar-refractivity contribution in [2.45, 2.75) is 0 Å². The molecule has 0 aliphatic heterocycles. The van der Waals surface area contributed by atoms with Gasteiger partial charge in [-0.25, -0.2) is 4.79 Å². The molecule has 126 valence electrons. The largest absolute Gasteiger partial charge is 0.497 e. The Kier molecular flexibility index (Phi) is 5.84. The Morgan fingerprint density at radius 2 is 1.50 bits per heavy atom. The fourth-order valence-electron chi connectivity index (χ4n) is 2.24. The highest BCUT2D eigenvalue weighted by molar-refractivity contribution is 6.21. The molecule has 2 aromatic rings. The van der Waals surface area contributed by atoms with E-state index in [0.29, 0.717) is 22.6 Å². The molecular weight excluding hydrogens is 308 g/mol. The summed E-state index contributed by atoms with van der Waals surface area (Å²) in [6.45, 7) is 0. The summed E-state index contributed by atoms with van der Waals surface area (Å²) >= 11 is 0. The fourth-order valence-corrected chi connectivity index (χ4v) is 2.24. The van der Waals surface area contributed by atoms with Crippen molar-refractivity contribution < 1.29 is 23.7 Å². The van der Waals surface area contributed by atoms with E-state index in [1.54, 1.807) is 45.6 Å². The summed E-state index contributed by atoms with van der Waals surface area (Å²) in [5.74, 6) is 1.45. The van der Waals surface area contributed by atoms with Gasteiger partial charge in [0.05, 0.1) is 34.0 Å². The zero-order valence-corrected chi connectivity index (χ0v) is 14.2. The van der Waals surface area contributed by atoms with Gasteiger partial charge in [0.2, 0.25) is 0 Å². The van der Waals surface area contributed by atoms with E-state index < -0.39 is 5.97 Å². The van der Waals surface area contributed by atoms with Crippen molar-refractivity contribution in [1.29, 1.82) is 0 Å². The molecule has 2 rings (SSSR count). The van der Waals surface area contributed by atoms with Gasteiger partial charge in [-0.2, -0.15) is 0 Å². The van der Waals surface area contributed by atoms with Crippen molar-refractivity contribution in [2.24, 2.45) is 0 Å². The standard InChI is InChI=1S/C19H20O5/c1-21-15-8-5-13(6-9-15)11-16(19(20)24-4)14-7-10-17(22-2)18(12-14)23-3/h5-12H,1-4H3/b16-11+. The van der Waals surface area contributed by atoms with Crippen LogP contribution in [0.15, 0.2) is 42.5 Å². The lowest BCUT2D eigenvalue weighted by Gasteiger charge is -2.11. The second kappa shape index (κ2) is 8.06. The molecule has 0 aliphatic rings. The quantitative estimate of drug-likeness (QED) is 0.462. The van der Waals surface area contributed by atoms with Gasteiger partial charge < -0.3 is 18.9 Å². The van der Waals surface area contributed by atoms with Crippen LogP contribution in [-0.4, -0.2) is 34.4 Å². The molecule has 0 fully saturated rings. The van der Waals surface area contributed by atoms with Gasteiger partial charge >= 0.3 is 5.97 Å². The van der Waals surface area contributed by atoms with E-state index in [9.17, 15) is 4.79 Å². The van der Waals surface area contributed by atoms with E-state index >= 15 is 0 Å². The van der Waals surface area contributed by atoms with Crippen molar-refractivity contribution in [3.63, 3.8) is 0 Å². The summed E-state index contributed by atoms with van der Waals surface area (Å²) in [7, 11) is 6.07. The van der Waals surface area contributed by atoms with E-state index in [1.165, 1.54) is 7.11 Å². The minimum Gasteiger partial charge on any atom is -0.497 e.